The first-order valence-corrected chi connectivity index (χ1v) is 17.2. The fraction of sp³-hybridized carbons (Fsp3) is 0.639. The quantitative estimate of drug-likeness (QED) is 0.121. The number of nitrogens with one attached hydrogen (secondary N) is 3. The average Bonchev–Trinajstić information content (AvgIpc) is 3.58. The number of likely N-dealkylation sites (N-methyl/N-ethyl adjacent to an activating group) is 1. The number of hydrogen-bond acceptors (Lipinski definition) is 7. The molecule has 1 aromatic carbocycles. The zero-order valence-electron chi connectivity index (χ0n) is 28.3. The predicted molar refractivity (Wildman–Crippen MR) is 184 cm³/mol. The lowest BCUT2D eigenvalue weighted by Crippen LogP contribution is -2.52. The number of fused-ring (bicyclic) bond motifs is 1. The largest absolute Gasteiger partial charge is 0.371 e. The van der Waals surface area contributed by atoms with E-state index in [0.717, 1.165) is 57.2 Å². The Labute approximate surface area is 276 Å². The van der Waals surface area contributed by atoms with Crippen molar-refractivity contribution in [1.29, 1.82) is 0 Å². The molecule has 1 heterocycles. The van der Waals surface area contributed by atoms with Gasteiger partial charge in [0, 0.05) is 24.3 Å². The molecular formula is C36H59N5O5. The van der Waals surface area contributed by atoms with Crippen LogP contribution in [0.2, 0.25) is 0 Å². The Morgan fingerprint density at radius 3 is 2.09 bits per heavy atom. The number of Topliss-reactive ketones (excluding diaryl/α,β-unsaturated/α-hetero) is 1. The monoisotopic (exact) mass is 641 g/mol. The summed E-state index contributed by atoms with van der Waals surface area (Å²) in [7, 11) is 1.67. The van der Waals surface area contributed by atoms with Crippen LogP contribution in [-0.2, 0) is 22.4 Å². The van der Waals surface area contributed by atoms with Crippen molar-refractivity contribution in [3.05, 3.63) is 60.3 Å². The molecule has 3 amide bonds. The molecule has 258 valence electrons. The molecule has 0 bridgehead atoms. The zero-order chi connectivity index (χ0) is 34.1. The van der Waals surface area contributed by atoms with Gasteiger partial charge in [-0.3, -0.25) is 9.59 Å². The molecule has 0 aromatic heterocycles. The molecule has 7 N–H and O–H groups in total. The van der Waals surface area contributed by atoms with E-state index < -0.39 is 18.5 Å². The van der Waals surface area contributed by atoms with Crippen molar-refractivity contribution in [1.82, 2.24) is 20.9 Å². The minimum Gasteiger partial charge on any atom is -0.371 e. The summed E-state index contributed by atoms with van der Waals surface area (Å²) in [5.41, 5.74) is 8.74. The predicted octanol–water partition coefficient (Wildman–Crippen LogP) is 3.95. The molecule has 3 fully saturated rings. The topological polar surface area (TPSA) is 157 Å². The molecule has 3 atom stereocenters. The van der Waals surface area contributed by atoms with Crippen LogP contribution in [0.1, 0.15) is 89.2 Å². The highest BCUT2D eigenvalue weighted by atomic mass is 16.5. The Bertz CT molecular complexity index is 1090. The number of benzene rings is 1. The SMILES string of the molecule is C=CC1CCCN1C(=C)C(NC(=O)NC1CCCCC1)C1Cc2ccccc2C1.CC.CNC(CC1CC1)C(=O)C(N)=O.OCO. The lowest BCUT2D eigenvalue weighted by Gasteiger charge is -2.36. The van der Waals surface area contributed by atoms with Crippen molar-refractivity contribution in [3.8, 4) is 0 Å². The molecule has 1 aromatic rings. The Hall–Kier alpha value is -3.21. The second-order valence-electron chi connectivity index (χ2n) is 12.4. The summed E-state index contributed by atoms with van der Waals surface area (Å²) >= 11 is 0. The number of aliphatic hydroxyl groups excluding tert-OH is 1. The Kier molecular flexibility index (Phi) is 17.6. The number of likely N-dealkylation sites (tertiary alicyclic amines) is 1. The summed E-state index contributed by atoms with van der Waals surface area (Å²) in [6, 6.07) is 8.86. The van der Waals surface area contributed by atoms with Gasteiger partial charge in [0.15, 0.2) is 0 Å². The van der Waals surface area contributed by atoms with Crippen LogP contribution >= 0.6 is 0 Å². The first kappa shape index (κ1) is 39.0. The van der Waals surface area contributed by atoms with E-state index in [1.807, 2.05) is 19.9 Å². The van der Waals surface area contributed by atoms with E-state index >= 15 is 0 Å². The van der Waals surface area contributed by atoms with Crippen LogP contribution in [0, 0.1) is 11.8 Å². The fourth-order valence-corrected chi connectivity index (χ4v) is 6.70. The number of rotatable bonds is 11. The second kappa shape index (κ2) is 20.8. The molecule has 0 spiro atoms. The lowest BCUT2D eigenvalue weighted by molar-refractivity contribution is -0.137. The van der Waals surface area contributed by atoms with Crippen molar-refractivity contribution < 1.29 is 24.6 Å². The van der Waals surface area contributed by atoms with Crippen LogP contribution in [0.25, 0.3) is 0 Å². The molecule has 2 saturated carbocycles. The number of ketones is 1. The van der Waals surface area contributed by atoms with Gasteiger partial charge in [-0.25, -0.2) is 4.79 Å². The molecule has 3 unspecified atom stereocenters. The maximum atomic E-state index is 12.9. The molecule has 5 rings (SSSR count). The zero-order valence-corrected chi connectivity index (χ0v) is 28.3. The van der Waals surface area contributed by atoms with E-state index in [-0.39, 0.29) is 18.1 Å². The third-order valence-electron chi connectivity index (χ3n) is 9.25. The average molecular weight is 642 g/mol. The van der Waals surface area contributed by atoms with E-state index in [2.05, 4.69) is 58.3 Å². The number of amides is 3. The van der Waals surface area contributed by atoms with Crippen LogP contribution in [0.3, 0.4) is 0 Å². The number of urea groups is 1. The molecule has 4 aliphatic rings. The van der Waals surface area contributed by atoms with Crippen LogP contribution in [0.15, 0.2) is 49.2 Å². The van der Waals surface area contributed by atoms with E-state index in [0.29, 0.717) is 23.9 Å². The number of nitrogens with zero attached hydrogens (tertiary/aromatic N) is 1. The molecular weight excluding hydrogens is 582 g/mol. The van der Waals surface area contributed by atoms with Crippen molar-refractivity contribution in [3.63, 3.8) is 0 Å². The highest BCUT2D eigenvalue weighted by Gasteiger charge is 2.36. The minimum atomic E-state index is -0.838. The van der Waals surface area contributed by atoms with Gasteiger partial charge in [-0.05, 0) is 75.0 Å². The minimum absolute atomic E-state index is 0.0339. The molecule has 10 heteroatoms. The summed E-state index contributed by atoms with van der Waals surface area (Å²) in [6.45, 7) is 12.7. The van der Waals surface area contributed by atoms with Gasteiger partial charge in [0.2, 0.25) is 5.78 Å². The number of aliphatic hydroxyl groups is 2. The van der Waals surface area contributed by atoms with Gasteiger partial charge < -0.3 is 36.8 Å². The third kappa shape index (κ3) is 12.2. The number of hydrogen-bond donors (Lipinski definition) is 6. The molecule has 0 radical (unpaired) electrons. The van der Waals surface area contributed by atoms with E-state index in [9.17, 15) is 14.4 Å². The molecule has 3 aliphatic carbocycles. The Morgan fingerprint density at radius 1 is 1.00 bits per heavy atom. The van der Waals surface area contributed by atoms with Crippen LogP contribution in [0.5, 0.6) is 0 Å². The van der Waals surface area contributed by atoms with Gasteiger partial charge in [-0.2, -0.15) is 0 Å². The van der Waals surface area contributed by atoms with Crippen LogP contribution in [0.4, 0.5) is 4.79 Å². The number of carbonyl (C=O) groups is 3. The number of primary amides is 1. The van der Waals surface area contributed by atoms with Crippen LogP contribution in [-0.4, -0.2) is 77.4 Å². The Morgan fingerprint density at radius 2 is 1.59 bits per heavy atom. The standard InChI is InChI=1S/C25H35N3O.C8H14N2O2.C2H6.CH4O2/c1-3-23-14-9-15-28(23)18(2)24(21-16-19-10-7-8-11-20(19)17-21)27-25(29)26-22-12-5-4-6-13-22;1-10-6(4-5-2-3-5)7(11)8(9)12;1-2;2-1-3/h3,7-8,10-11,21-24H,1-2,4-6,9,12-17H2,(H2,26,27,29);5-6,10H,2-4H2,1H3,(H2,9,12);1-2H3;2-3H,1H2. The van der Waals surface area contributed by atoms with Crippen molar-refractivity contribution in [2.24, 2.45) is 17.6 Å². The van der Waals surface area contributed by atoms with E-state index in [1.54, 1.807) is 7.05 Å². The summed E-state index contributed by atoms with van der Waals surface area (Å²) in [4.78, 5) is 36.9. The lowest BCUT2D eigenvalue weighted by atomic mass is 9.93. The number of nitrogens with two attached hydrogens (primary N) is 1. The number of carbonyl (C=O) groups excluding carboxylic acids is 3. The fourth-order valence-electron chi connectivity index (χ4n) is 6.70. The van der Waals surface area contributed by atoms with Gasteiger partial charge in [-0.1, -0.05) is 82.9 Å². The van der Waals surface area contributed by atoms with Gasteiger partial charge in [0.1, 0.15) is 6.79 Å². The van der Waals surface area contributed by atoms with Crippen LogP contribution < -0.4 is 21.7 Å². The smallest absolute Gasteiger partial charge is 0.315 e. The first-order chi connectivity index (χ1) is 22.2. The first-order valence-electron chi connectivity index (χ1n) is 17.2. The maximum Gasteiger partial charge on any atom is 0.315 e. The molecule has 1 saturated heterocycles. The van der Waals surface area contributed by atoms with Gasteiger partial charge in [0.25, 0.3) is 5.91 Å². The summed E-state index contributed by atoms with van der Waals surface area (Å²) in [6.07, 6.45) is 15.3. The molecule has 46 heavy (non-hydrogen) atoms. The summed E-state index contributed by atoms with van der Waals surface area (Å²) in [5, 5.41) is 23.6. The van der Waals surface area contributed by atoms with E-state index in [4.69, 9.17) is 15.9 Å². The van der Waals surface area contributed by atoms with Crippen molar-refractivity contribution in [2.45, 2.75) is 115 Å². The summed E-state index contributed by atoms with van der Waals surface area (Å²) < 4.78 is 0. The van der Waals surface area contributed by atoms with Gasteiger partial charge >= 0.3 is 6.03 Å². The van der Waals surface area contributed by atoms with Gasteiger partial charge in [-0.15, -0.1) is 6.58 Å². The highest BCUT2D eigenvalue weighted by Crippen LogP contribution is 2.34. The van der Waals surface area contributed by atoms with E-state index in [1.165, 1.54) is 43.2 Å². The van der Waals surface area contributed by atoms with Crippen molar-refractivity contribution in [2.75, 3.05) is 20.4 Å². The molecule has 1 aliphatic heterocycles. The maximum absolute atomic E-state index is 12.9. The summed E-state index contributed by atoms with van der Waals surface area (Å²) in [5.74, 6) is -0.367. The second-order valence-corrected chi connectivity index (χ2v) is 12.4. The van der Waals surface area contributed by atoms with Gasteiger partial charge in [0.05, 0.1) is 12.1 Å². The molecule has 10 nitrogen and oxygen atoms in total. The highest BCUT2D eigenvalue weighted by molar-refractivity contribution is 6.37. The third-order valence-corrected chi connectivity index (χ3v) is 9.25. The Balaban J connectivity index is 0.000000361. The normalized spacial score (nSPS) is 20.2. The van der Waals surface area contributed by atoms with Crippen molar-refractivity contribution >= 4 is 17.7 Å².